The third kappa shape index (κ3) is 4.92. The van der Waals surface area contributed by atoms with Gasteiger partial charge in [-0.25, -0.2) is 0 Å². The maximum atomic E-state index is 13.3. The smallest absolute Gasteiger partial charge is 0.254 e. The van der Waals surface area contributed by atoms with Crippen LogP contribution in [-0.2, 0) is 13.1 Å². The molecule has 0 bridgehead atoms. The highest BCUT2D eigenvalue weighted by Gasteiger charge is 2.19. The van der Waals surface area contributed by atoms with Crippen molar-refractivity contribution < 1.29 is 14.3 Å². The van der Waals surface area contributed by atoms with Crippen molar-refractivity contribution in [3.63, 3.8) is 0 Å². The molecular weight excluding hydrogens is 350 g/mol. The van der Waals surface area contributed by atoms with Crippen LogP contribution in [0.5, 0.6) is 11.5 Å². The Morgan fingerprint density at radius 2 is 1.39 bits per heavy atom. The summed E-state index contributed by atoms with van der Waals surface area (Å²) in [5.41, 5.74) is 2.76. The third-order valence-corrected chi connectivity index (χ3v) is 4.43. The van der Waals surface area contributed by atoms with Crippen LogP contribution in [0.1, 0.15) is 28.4 Å². The molecule has 0 saturated carbocycles. The van der Waals surface area contributed by atoms with Gasteiger partial charge in [-0.3, -0.25) is 4.79 Å². The van der Waals surface area contributed by atoms with Crippen LogP contribution in [0.25, 0.3) is 0 Å². The second kappa shape index (κ2) is 9.60. The molecule has 0 aliphatic carbocycles. The highest BCUT2D eigenvalue weighted by Crippen LogP contribution is 2.29. The van der Waals surface area contributed by atoms with Crippen molar-refractivity contribution in [3.05, 3.63) is 95.6 Å². The van der Waals surface area contributed by atoms with E-state index in [1.165, 1.54) is 0 Å². The highest BCUT2D eigenvalue weighted by molar-refractivity contribution is 5.95. The van der Waals surface area contributed by atoms with E-state index in [0.717, 1.165) is 11.1 Å². The molecule has 144 valence electrons. The molecule has 0 atom stereocenters. The monoisotopic (exact) mass is 375 g/mol. The number of carbonyl (C=O) groups excluding carboxylic acids is 1. The van der Waals surface area contributed by atoms with Crippen LogP contribution in [0.3, 0.4) is 0 Å². The Morgan fingerprint density at radius 1 is 0.821 bits per heavy atom. The molecule has 0 spiro atoms. The van der Waals surface area contributed by atoms with Crippen LogP contribution in [0.4, 0.5) is 0 Å². The van der Waals surface area contributed by atoms with Gasteiger partial charge in [-0.05, 0) is 36.2 Å². The van der Waals surface area contributed by atoms with E-state index < -0.39 is 0 Å². The van der Waals surface area contributed by atoms with Gasteiger partial charge in [0.05, 0.1) is 13.7 Å². The number of amides is 1. The number of rotatable bonds is 8. The number of hydrogen-bond acceptors (Lipinski definition) is 3. The van der Waals surface area contributed by atoms with Gasteiger partial charge in [-0.1, -0.05) is 60.7 Å². The number of carbonyl (C=O) groups is 1. The zero-order valence-electron chi connectivity index (χ0n) is 16.3. The fraction of sp³-hybridized carbons (Fsp3) is 0.208. The Labute approximate surface area is 166 Å². The van der Waals surface area contributed by atoms with Crippen molar-refractivity contribution in [2.75, 3.05) is 13.7 Å². The quantitative estimate of drug-likeness (QED) is 0.560. The molecule has 3 rings (SSSR count). The summed E-state index contributed by atoms with van der Waals surface area (Å²) in [5.74, 6) is 1.16. The molecule has 0 aromatic heterocycles. The van der Waals surface area contributed by atoms with Gasteiger partial charge in [0.2, 0.25) is 0 Å². The fourth-order valence-electron chi connectivity index (χ4n) is 3.07. The van der Waals surface area contributed by atoms with Gasteiger partial charge in [-0.2, -0.15) is 0 Å². The SMILES string of the molecule is CCOc1cc(C(=O)N(Cc2ccccc2)Cc2ccccc2)ccc1OC. The normalized spacial score (nSPS) is 10.4. The van der Waals surface area contributed by atoms with Crippen molar-refractivity contribution in [1.82, 2.24) is 4.90 Å². The number of ether oxygens (including phenoxy) is 2. The van der Waals surface area contributed by atoms with E-state index in [2.05, 4.69) is 0 Å². The number of nitrogens with zero attached hydrogens (tertiary/aromatic N) is 1. The Kier molecular flexibility index (Phi) is 6.68. The number of benzene rings is 3. The topological polar surface area (TPSA) is 38.8 Å². The molecule has 0 radical (unpaired) electrons. The van der Waals surface area contributed by atoms with E-state index in [1.54, 1.807) is 25.3 Å². The van der Waals surface area contributed by atoms with E-state index >= 15 is 0 Å². The summed E-state index contributed by atoms with van der Waals surface area (Å²) in [7, 11) is 1.59. The minimum absolute atomic E-state index is 0.0451. The van der Waals surface area contributed by atoms with Crippen LogP contribution in [0.15, 0.2) is 78.9 Å². The second-order valence-electron chi connectivity index (χ2n) is 6.43. The molecule has 0 aliphatic rings. The molecule has 0 heterocycles. The minimum Gasteiger partial charge on any atom is -0.493 e. The summed E-state index contributed by atoms with van der Waals surface area (Å²) in [6, 6.07) is 25.4. The van der Waals surface area contributed by atoms with Crippen LogP contribution in [0, 0.1) is 0 Å². The van der Waals surface area contributed by atoms with Crippen molar-refractivity contribution in [1.29, 1.82) is 0 Å². The first-order chi connectivity index (χ1) is 13.7. The summed E-state index contributed by atoms with van der Waals surface area (Å²) in [6.45, 7) is 3.48. The average Bonchev–Trinajstić information content (AvgIpc) is 2.74. The lowest BCUT2D eigenvalue weighted by Gasteiger charge is -2.24. The molecule has 4 nitrogen and oxygen atoms in total. The van der Waals surface area contributed by atoms with Crippen molar-refractivity contribution in [3.8, 4) is 11.5 Å². The highest BCUT2D eigenvalue weighted by atomic mass is 16.5. The Bertz CT molecular complexity index is 853. The van der Waals surface area contributed by atoms with Gasteiger partial charge in [0.25, 0.3) is 5.91 Å². The van der Waals surface area contributed by atoms with Crippen LogP contribution in [-0.4, -0.2) is 24.5 Å². The van der Waals surface area contributed by atoms with Gasteiger partial charge < -0.3 is 14.4 Å². The van der Waals surface area contributed by atoms with Crippen molar-refractivity contribution in [2.24, 2.45) is 0 Å². The first-order valence-corrected chi connectivity index (χ1v) is 9.39. The zero-order valence-corrected chi connectivity index (χ0v) is 16.3. The van der Waals surface area contributed by atoms with Crippen LogP contribution in [0.2, 0.25) is 0 Å². The lowest BCUT2D eigenvalue weighted by Crippen LogP contribution is -2.30. The largest absolute Gasteiger partial charge is 0.493 e. The van der Waals surface area contributed by atoms with E-state index in [1.807, 2.05) is 72.5 Å². The standard InChI is InChI=1S/C24H25NO3/c1-3-28-23-16-21(14-15-22(23)27-2)24(26)25(17-19-10-6-4-7-11-19)18-20-12-8-5-9-13-20/h4-16H,3,17-18H2,1-2H3. The second-order valence-corrected chi connectivity index (χ2v) is 6.43. The van der Waals surface area contributed by atoms with E-state index in [4.69, 9.17) is 9.47 Å². The Morgan fingerprint density at radius 3 is 1.89 bits per heavy atom. The maximum Gasteiger partial charge on any atom is 0.254 e. The first-order valence-electron chi connectivity index (χ1n) is 9.39. The molecule has 0 N–H and O–H groups in total. The maximum absolute atomic E-state index is 13.3. The molecule has 3 aromatic rings. The van der Waals surface area contributed by atoms with Gasteiger partial charge in [0.15, 0.2) is 11.5 Å². The molecule has 3 aromatic carbocycles. The van der Waals surface area contributed by atoms with Crippen LogP contribution < -0.4 is 9.47 Å². The predicted molar refractivity (Wildman–Crippen MR) is 111 cm³/mol. The first kappa shape index (κ1) is 19.5. The van der Waals surface area contributed by atoms with Crippen molar-refractivity contribution >= 4 is 5.91 Å². The van der Waals surface area contributed by atoms with Gasteiger partial charge in [0, 0.05) is 18.7 Å². The van der Waals surface area contributed by atoms with Gasteiger partial charge >= 0.3 is 0 Å². The van der Waals surface area contributed by atoms with Gasteiger partial charge in [0.1, 0.15) is 0 Å². The summed E-state index contributed by atoms with van der Waals surface area (Å²) in [4.78, 5) is 15.2. The lowest BCUT2D eigenvalue weighted by molar-refractivity contribution is 0.0729. The molecule has 4 heteroatoms. The predicted octanol–water partition coefficient (Wildman–Crippen LogP) is 4.94. The minimum atomic E-state index is -0.0451. The Hall–Kier alpha value is -3.27. The van der Waals surface area contributed by atoms with Crippen molar-refractivity contribution in [2.45, 2.75) is 20.0 Å². The van der Waals surface area contributed by atoms with E-state index in [0.29, 0.717) is 36.8 Å². The summed E-state index contributed by atoms with van der Waals surface area (Å²) >= 11 is 0. The lowest BCUT2D eigenvalue weighted by atomic mass is 10.1. The summed E-state index contributed by atoms with van der Waals surface area (Å²) in [5, 5.41) is 0. The van der Waals surface area contributed by atoms with Gasteiger partial charge in [-0.15, -0.1) is 0 Å². The molecule has 0 fully saturated rings. The molecule has 0 saturated heterocycles. The molecular formula is C24H25NO3. The van der Waals surface area contributed by atoms with E-state index in [9.17, 15) is 4.79 Å². The number of hydrogen-bond donors (Lipinski definition) is 0. The summed E-state index contributed by atoms with van der Waals surface area (Å²) in [6.07, 6.45) is 0. The molecule has 0 unspecified atom stereocenters. The third-order valence-electron chi connectivity index (χ3n) is 4.43. The molecule has 28 heavy (non-hydrogen) atoms. The Balaban J connectivity index is 1.90. The fourth-order valence-corrected chi connectivity index (χ4v) is 3.07. The zero-order chi connectivity index (χ0) is 19.8. The average molecular weight is 375 g/mol. The number of methoxy groups -OCH3 is 1. The summed E-state index contributed by atoms with van der Waals surface area (Å²) < 4.78 is 11.0. The van der Waals surface area contributed by atoms with E-state index in [-0.39, 0.29) is 5.91 Å². The molecule has 0 aliphatic heterocycles. The van der Waals surface area contributed by atoms with Crippen LogP contribution >= 0.6 is 0 Å². The molecule has 1 amide bonds.